The molecule has 1 aromatic heterocycles. The Morgan fingerprint density at radius 1 is 0.838 bits per heavy atom. The Balaban J connectivity index is 1.53. The molecule has 0 spiro atoms. The van der Waals surface area contributed by atoms with E-state index in [0.29, 0.717) is 23.2 Å². The lowest BCUT2D eigenvalue weighted by Gasteiger charge is -2.11. The van der Waals surface area contributed by atoms with Crippen LogP contribution in [0.5, 0.6) is 0 Å². The minimum absolute atomic E-state index is 0.0765. The van der Waals surface area contributed by atoms with Crippen LogP contribution in [0.15, 0.2) is 97.1 Å². The van der Waals surface area contributed by atoms with Crippen LogP contribution in [0.3, 0.4) is 0 Å². The number of alkyl halides is 3. The summed E-state index contributed by atoms with van der Waals surface area (Å²) in [7, 11) is 0. The topological polar surface area (TPSA) is 67.2 Å². The smallest absolute Gasteiger partial charge is 0.418 e. The number of hydrogen-bond acceptors (Lipinski definition) is 3. The molecule has 0 aliphatic rings. The van der Waals surface area contributed by atoms with Crippen molar-refractivity contribution in [1.29, 1.82) is 0 Å². The molecule has 0 fully saturated rings. The first kappa shape index (κ1) is 24.1. The molecule has 186 valence electrons. The monoisotopic (exact) mass is 501 g/mol. The number of carboxylic acids is 1. The number of carbonyl (C=O) groups is 1. The maximum Gasteiger partial charge on any atom is 0.418 e. The van der Waals surface area contributed by atoms with E-state index in [1.54, 1.807) is 28.9 Å². The second-order valence-electron chi connectivity index (χ2n) is 8.66. The molecule has 0 aliphatic carbocycles. The summed E-state index contributed by atoms with van der Waals surface area (Å²) >= 11 is 0. The summed E-state index contributed by atoms with van der Waals surface area (Å²) in [6.07, 6.45) is -4.60. The highest BCUT2D eigenvalue weighted by atomic mass is 19.4. The molecule has 5 aromatic rings. The Labute approximate surface area is 210 Å². The summed E-state index contributed by atoms with van der Waals surface area (Å²) in [6, 6.07) is 28.0. The van der Waals surface area contributed by atoms with E-state index in [0.717, 1.165) is 28.6 Å². The van der Waals surface area contributed by atoms with E-state index >= 15 is 0 Å². The average molecular weight is 502 g/mol. The molecule has 0 amide bonds. The molecule has 4 aromatic carbocycles. The molecule has 8 heteroatoms. The van der Waals surface area contributed by atoms with Gasteiger partial charge in [0.15, 0.2) is 0 Å². The summed E-state index contributed by atoms with van der Waals surface area (Å²) < 4.78 is 42.9. The fourth-order valence-corrected chi connectivity index (χ4v) is 4.37. The molecule has 5 nitrogen and oxygen atoms in total. The summed E-state index contributed by atoms with van der Waals surface area (Å²) in [4.78, 5) is 11.0. The molecular weight excluding hydrogens is 479 g/mol. The van der Waals surface area contributed by atoms with Gasteiger partial charge in [0, 0.05) is 22.3 Å². The van der Waals surface area contributed by atoms with Gasteiger partial charge < -0.3 is 10.4 Å². The number of nitrogens with zero attached hydrogens (tertiary/aromatic N) is 2. The number of carboxylic acid groups (broad SMARTS) is 1. The van der Waals surface area contributed by atoms with Crippen LogP contribution in [-0.2, 0) is 23.9 Å². The van der Waals surface area contributed by atoms with Gasteiger partial charge in [-0.25, -0.2) is 0 Å². The molecule has 0 saturated heterocycles. The van der Waals surface area contributed by atoms with Crippen LogP contribution >= 0.6 is 0 Å². The van der Waals surface area contributed by atoms with Crippen molar-refractivity contribution in [2.45, 2.75) is 19.1 Å². The van der Waals surface area contributed by atoms with Crippen molar-refractivity contribution in [3.05, 3.63) is 114 Å². The van der Waals surface area contributed by atoms with Crippen molar-refractivity contribution in [2.24, 2.45) is 0 Å². The predicted molar refractivity (Wildman–Crippen MR) is 137 cm³/mol. The Bertz CT molecular complexity index is 1560. The lowest BCUT2D eigenvalue weighted by molar-refractivity contribution is -0.137. The van der Waals surface area contributed by atoms with E-state index in [4.69, 9.17) is 5.11 Å². The van der Waals surface area contributed by atoms with E-state index in [-0.39, 0.29) is 11.9 Å². The van der Waals surface area contributed by atoms with Crippen molar-refractivity contribution in [3.8, 4) is 11.3 Å². The number of benzene rings is 4. The molecule has 0 radical (unpaired) electrons. The quantitative estimate of drug-likeness (QED) is 0.249. The summed E-state index contributed by atoms with van der Waals surface area (Å²) in [5.74, 6) is -0.908. The largest absolute Gasteiger partial charge is 0.481 e. The fourth-order valence-electron chi connectivity index (χ4n) is 4.37. The number of rotatable bonds is 7. The van der Waals surface area contributed by atoms with Crippen molar-refractivity contribution in [3.63, 3.8) is 0 Å². The molecule has 0 unspecified atom stereocenters. The van der Waals surface area contributed by atoms with Gasteiger partial charge in [0.2, 0.25) is 0 Å². The normalized spacial score (nSPS) is 11.5. The van der Waals surface area contributed by atoms with Gasteiger partial charge in [-0.15, -0.1) is 0 Å². The minimum atomic E-state index is -4.52. The standard InChI is InChI=1S/C29H22F3N3O2/c30-29(31,32)25-11-5-10-24-27(25)34-35(18-19-6-2-1-3-7-19)28(24)21-12-14-22(15-13-21)33-23-9-4-8-20(16-23)17-26(36)37/h1-16,33H,17-18H2,(H,36,37). The van der Waals surface area contributed by atoms with Crippen molar-refractivity contribution < 1.29 is 23.1 Å². The van der Waals surface area contributed by atoms with Crippen LogP contribution in [0, 0.1) is 0 Å². The Kier molecular flexibility index (Phi) is 6.40. The van der Waals surface area contributed by atoms with Crippen molar-refractivity contribution in [1.82, 2.24) is 9.78 Å². The molecule has 37 heavy (non-hydrogen) atoms. The lowest BCUT2D eigenvalue weighted by Crippen LogP contribution is -2.06. The van der Waals surface area contributed by atoms with E-state index in [9.17, 15) is 18.0 Å². The molecule has 1 heterocycles. The number of nitrogens with one attached hydrogen (secondary N) is 1. The molecule has 5 rings (SSSR count). The molecule has 0 bridgehead atoms. The predicted octanol–water partition coefficient (Wildman–Crippen LogP) is 7.14. The highest BCUT2D eigenvalue weighted by molar-refractivity contribution is 5.95. The third-order valence-corrected chi connectivity index (χ3v) is 5.98. The van der Waals surface area contributed by atoms with Gasteiger partial charge in [-0.3, -0.25) is 9.48 Å². The first-order chi connectivity index (χ1) is 17.8. The minimum Gasteiger partial charge on any atom is -0.481 e. The number of halogens is 3. The number of aliphatic carboxylic acids is 1. The van der Waals surface area contributed by atoms with Gasteiger partial charge in [0.25, 0.3) is 0 Å². The van der Waals surface area contributed by atoms with Crippen molar-refractivity contribution in [2.75, 3.05) is 5.32 Å². The fraction of sp³-hybridized carbons (Fsp3) is 0.103. The van der Waals surface area contributed by atoms with Crippen LogP contribution in [0.25, 0.3) is 22.2 Å². The van der Waals surface area contributed by atoms with Gasteiger partial charge in [0.1, 0.15) is 5.52 Å². The second kappa shape index (κ2) is 9.81. The highest BCUT2D eigenvalue weighted by Gasteiger charge is 2.34. The van der Waals surface area contributed by atoms with Crippen LogP contribution in [0.4, 0.5) is 24.5 Å². The zero-order chi connectivity index (χ0) is 26.0. The van der Waals surface area contributed by atoms with Gasteiger partial charge >= 0.3 is 12.1 Å². The zero-order valence-corrected chi connectivity index (χ0v) is 19.5. The molecular formula is C29H22F3N3O2. The lowest BCUT2D eigenvalue weighted by atomic mass is 10.0. The SMILES string of the molecule is O=C(O)Cc1cccc(Nc2ccc(-c3c4cccc(C(F)(F)F)c4nn3Cc3ccccc3)cc2)c1. The Hall–Kier alpha value is -4.59. The van der Waals surface area contributed by atoms with Crippen LogP contribution in [-0.4, -0.2) is 20.9 Å². The number of aromatic nitrogens is 2. The highest BCUT2D eigenvalue weighted by Crippen LogP contribution is 2.38. The number of anilines is 2. The van der Waals surface area contributed by atoms with Crippen molar-refractivity contribution >= 4 is 28.2 Å². The summed E-state index contributed by atoms with van der Waals surface area (Å²) in [5, 5.41) is 17.1. The first-order valence-corrected chi connectivity index (χ1v) is 11.6. The van der Waals surface area contributed by atoms with Crippen LogP contribution < -0.4 is 5.32 Å². The van der Waals surface area contributed by atoms with Crippen LogP contribution in [0.2, 0.25) is 0 Å². The second-order valence-corrected chi connectivity index (χ2v) is 8.66. The summed E-state index contributed by atoms with van der Waals surface area (Å²) in [5.41, 5.74) is 3.56. The van der Waals surface area contributed by atoms with E-state index < -0.39 is 17.7 Å². The third-order valence-electron chi connectivity index (χ3n) is 5.98. The van der Waals surface area contributed by atoms with Gasteiger partial charge in [-0.05, 0) is 41.5 Å². The van der Waals surface area contributed by atoms with Gasteiger partial charge in [-0.1, -0.05) is 66.7 Å². The van der Waals surface area contributed by atoms with E-state index in [1.807, 2.05) is 60.7 Å². The zero-order valence-electron chi connectivity index (χ0n) is 19.5. The molecule has 0 atom stereocenters. The number of fused-ring (bicyclic) bond motifs is 1. The van der Waals surface area contributed by atoms with E-state index in [1.165, 1.54) is 6.07 Å². The molecule has 0 saturated carbocycles. The van der Waals surface area contributed by atoms with E-state index in [2.05, 4.69) is 10.4 Å². The van der Waals surface area contributed by atoms with Gasteiger partial charge in [0.05, 0.1) is 24.2 Å². The Morgan fingerprint density at radius 2 is 1.54 bits per heavy atom. The average Bonchev–Trinajstić information content (AvgIpc) is 3.22. The van der Waals surface area contributed by atoms with Gasteiger partial charge in [-0.2, -0.15) is 18.3 Å². The summed E-state index contributed by atoms with van der Waals surface area (Å²) in [6.45, 7) is 0.318. The number of hydrogen-bond donors (Lipinski definition) is 2. The Morgan fingerprint density at radius 3 is 2.24 bits per heavy atom. The maximum absolute atomic E-state index is 13.8. The molecule has 0 aliphatic heterocycles. The van der Waals surface area contributed by atoms with Crippen LogP contribution in [0.1, 0.15) is 16.7 Å². The third kappa shape index (κ3) is 5.33. The first-order valence-electron chi connectivity index (χ1n) is 11.6. The molecule has 2 N–H and O–H groups in total. The maximum atomic E-state index is 13.8.